The van der Waals surface area contributed by atoms with Crippen molar-refractivity contribution in [1.82, 2.24) is 39.6 Å². The van der Waals surface area contributed by atoms with Crippen LogP contribution in [0.3, 0.4) is 0 Å². The molecule has 1 saturated heterocycles. The van der Waals surface area contributed by atoms with Crippen LogP contribution in [0, 0.1) is 0 Å². The normalized spacial score (nSPS) is 16.5. The summed E-state index contributed by atoms with van der Waals surface area (Å²) in [6, 6.07) is 0. The van der Waals surface area contributed by atoms with E-state index in [4.69, 9.17) is 0 Å². The van der Waals surface area contributed by atoms with Crippen LogP contribution in [-0.4, -0.2) is 78.2 Å². The van der Waals surface area contributed by atoms with E-state index in [2.05, 4.69) is 30.0 Å². The van der Waals surface area contributed by atoms with E-state index in [0.29, 0.717) is 0 Å². The van der Waals surface area contributed by atoms with Crippen molar-refractivity contribution < 1.29 is 4.79 Å². The molecule has 124 valence electrons. The molecule has 9 heteroatoms. The number of carbonyl (C=O) groups is 1. The van der Waals surface area contributed by atoms with E-state index in [-0.39, 0.29) is 12.5 Å². The summed E-state index contributed by atoms with van der Waals surface area (Å²) in [6.45, 7) is 4.63. The number of aromatic nitrogens is 6. The maximum Gasteiger partial charge on any atom is 0.244 e. The summed E-state index contributed by atoms with van der Waals surface area (Å²) in [6.07, 6.45) is 7.19. The lowest BCUT2D eigenvalue weighted by atomic mass is 10.3. The van der Waals surface area contributed by atoms with Crippen LogP contribution in [0.1, 0.15) is 12.2 Å². The predicted molar refractivity (Wildman–Crippen MR) is 82.4 cm³/mol. The topological polar surface area (TPSA) is 85.0 Å². The van der Waals surface area contributed by atoms with E-state index in [9.17, 15) is 4.79 Å². The largest absolute Gasteiger partial charge is 0.340 e. The van der Waals surface area contributed by atoms with Crippen molar-refractivity contribution >= 4 is 5.91 Å². The molecule has 0 spiro atoms. The first-order chi connectivity index (χ1) is 11.2. The Hall–Kier alpha value is -2.29. The van der Waals surface area contributed by atoms with Gasteiger partial charge in [-0.15, -0.1) is 5.10 Å². The van der Waals surface area contributed by atoms with Gasteiger partial charge in [-0.3, -0.25) is 4.79 Å². The average Bonchev–Trinajstić information content (AvgIpc) is 3.12. The Morgan fingerprint density at radius 2 is 2.17 bits per heavy atom. The molecule has 0 N–H and O–H groups in total. The number of nitrogens with zero attached hydrogens (tertiary/aromatic N) is 8. The number of aryl methyl sites for hydroxylation is 1. The summed E-state index contributed by atoms with van der Waals surface area (Å²) >= 11 is 0. The highest BCUT2D eigenvalue weighted by Gasteiger charge is 2.19. The number of tetrazole rings is 1. The molecular weight excluding hydrogens is 296 g/mol. The lowest BCUT2D eigenvalue weighted by Gasteiger charge is -2.21. The summed E-state index contributed by atoms with van der Waals surface area (Å²) < 4.78 is 3.52. The third-order valence-electron chi connectivity index (χ3n) is 4.20. The second-order valence-electron chi connectivity index (χ2n) is 5.79. The van der Waals surface area contributed by atoms with Crippen LogP contribution in [0.5, 0.6) is 0 Å². The van der Waals surface area contributed by atoms with Gasteiger partial charge in [-0.25, -0.2) is 9.67 Å². The van der Waals surface area contributed by atoms with Gasteiger partial charge in [-0.05, 0) is 23.4 Å². The summed E-state index contributed by atoms with van der Waals surface area (Å²) in [5, 5.41) is 10.8. The van der Waals surface area contributed by atoms with Crippen molar-refractivity contribution in [2.45, 2.75) is 19.4 Å². The van der Waals surface area contributed by atoms with Crippen LogP contribution >= 0.6 is 0 Å². The molecule has 1 amide bonds. The number of hydrogen-bond donors (Lipinski definition) is 0. The number of imidazole rings is 1. The zero-order valence-electron chi connectivity index (χ0n) is 13.4. The Labute approximate surface area is 134 Å². The number of amides is 1. The summed E-state index contributed by atoms with van der Waals surface area (Å²) in [5.41, 5.74) is 0. The Kier molecular flexibility index (Phi) is 4.96. The zero-order valence-corrected chi connectivity index (χ0v) is 13.4. The van der Waals surface area contributed by atoms with Crippen molar-refractivity contribution in [2.24, 2.45) is 7.05 Å². The van der Waals surface area contributed by atoms with Crippen LogP contribution in [-0.2, 0) is 24.8 Å². The molecule has 3 rings (SSSR count). The van der Waals surface area contributed by atoms with Crippen molar-refractivity contribution in [3.8, 4) is 0 Å². The molecule has 0 saturated carbocycles. The van der Waals surface area contributed by atoms with Gasteiger partial charge in [-0.1, -0.05) is 0 Å². The molecule has 9 nitrogen and oxygen atoms in total. The van der Waals surface area contributed by atoms with Gasteiger partial charge in [0.05, 0.1) is 0 Å². The second-order valence-corrected chi connectivity index (χ2v) is 5.79. The van der Waals surface area contributed by atoms with Crippen LogP contribution < -0.4 is 0 Å². The third kappa shape index (κ3) is 4.13. The SMILES string of the molecule is Cn1ccnc1CCN1CCCN(C(=O)Cn2cnnn2)CC1. The molecule has 3 heterocycles. The molecule has 0 aromatic carbocycles. The second kappa shape index (κ2) is 7.32. The van der Waals surface area contributed by atoms with E-state index in [1.807, 2.05) is 24.3 Å². The van der Waals surface area contributed by atoms with Crippen molar-refractivity contribution in [1.29, 1.82) is 0 Å². The molecule has 0 radical (unpaired) electrons. The van der Waals surface area contributed by atoms with Gasteiger partial charge in [-0.2, -0.15) is 0 Å². The Balaban J connectivity index is 1.47. The van der Waals surface area contributed by atoms with Crippen molar-refractivity contribution in [2.75, 3.05) is 32.7 Å². The van der Waals surface area contributed by atoms with E-state index in [1.165, 1.54) is 11.0 Å². The van der Waals surface area contributed by atoms with Crippen LogP contribution in [0.15, 0.2) is 18.7 Å². The number of carbonyl (C=O) groups excluding carboxylic acids is 1. The molecule has 0 unspecified atom stereocenters. The first-order valence-electron chi connectivity index (χ1n) is 7.89. The molecule has 1 aliphatic rings. The highest BCUT2D eigenvalue weighted by atomic mass is 16.2. The van der Waals surface area contributed by atoms with Gasteiger partial charge in [0.2, 0.25) is 5.91 Å². The third-order valence-corrected chi connectivity index (χ3v) is 4.20. The Bertz CT molecular complexity index is 623. The summed E-state index contributed by atoms with van der Waals surface area (Å²) in [4.78, 5) is 21.0. The van der Waals surface area contributed by atoms with E-state index < -0.39 is 0 Å². The Morgan fingerprint density at radius 1 is 1.26 bits per heavy atom. The van der Waals surface area contributed by atoms with E-state index in [0.717, 1.165) is 51.4 Å². The fourth-order valence-corrected chi connectivity index (χ4v) is 2.83. The fourth-order valence-electron chi connectivity index (χ4n) is 2.83. The van der Waals surface area contributed by atoms with Gasteiger partial charge < -0.3 is 14.4 Å². The zero-order chi connectivity index (χ0) is 16.1. The van der Waals surface area contributed by atoms with E-state index in [1.54, 1.807) is 0 Å². The maximum absolute atomic E-state index is 12.3. The lowest BCUT2D eigenvalue weighted by Crippen LogP contribution is -2.37. The predicted octanol–water partition coefficient (Wildman–Crippen LogP) is -0.816. The highest BCUT2D eigenvalue weighted by Crippen LogP contribution is 2.06. The molecular formula is C14H22N8O. The van der Waals surface area contributed by atoms with E-state index >= 15 is 0 Å². The summed E-state index contributed by atoms with van der Waals surface area (Å²) in [5.74, 6) is 1.17. The standard InChI is InChI=1S/C14H22N8O/c1-19-8-4-15-13(19)3-7-20-5-2-6-21(10-9-20)14(23)11-22-12-16-17-18-22/h4,8,12H,2-3,5-7,9-11H2,1H3. The minimum absolute atomic E-state index is 0.0725. The van der Waals surface area contributed by atoms with Crippen molar-refractivity contribution in [3.05, 3.63) is 24.5 Å². The molecule has 0 bridgehead atoms. The fraction of sp³-hybridized carbons (Fsp3) is 0.643. The lowest BCUT2D eigenvalue weighted by molar-refractivity contribution is -0.131. The van der Waals surface area contributed by atoms with Gasteiger partial charge in [0.1, 0.15) is 18.7 Å². The molecule has 1 aliphatic heterocycles. The van der Waals surface area contributed by atoms with Crippen molar-refractivity contribution in [3.63, 3.8) is 0 Å². The Morgan fingerprint density at radius 3 is 2.91 bits per heavy atom. The van der Waals surface area contributed by atoms with Gasteiger partial charge in [0, 0.05) is 52.0 Å². The first kappa shape index (κ1) is 15.6. The molecule has 1 fully saturated rings. The van der Waals surface area contributed by atoms with Crippen LogP contribution in [0.2, 0.25) is 0 Å². The quantitative estimate of drug-likeness (QED) is 0.716. The molecule has 23 heavy (non-hydrogen) atoms. The first-order valence-corrected chi connectivity index (χ1v) is 7.89. The molecule has 0 atom stereocenters. The number of rotatable bonds is 5. The molecule has 2 aromatic heterocycles. The van der Waals surface area contributed by atoms with Crippen LogP contribution in [0.25, 0.3) is 0 Å². The number of hydrogen-bond acceptors (Lipinski definition) is 6. The van der Waals surface area contributed by atoms with Gasteiger partial charge in [0.15, 0.2) is 0 Å². The minimum atomic E-state index is 0.0725. The highest BCUT2D eigenvalue weighted by molar-refractivity contribution is 5.75. The van der Waals surface area contributed by atoms with Gasteiger partial charge >= 0.3 is 0 Å². The minimum Gasteiger partial charge on any atom is -0.340 e. The average molecular weight is 318 g/mol. The smallest absolute Gasteiger partial charge is 0.244 e. The maximum atomic E-state index is 12.3. The van der Waals surface area contributed by atoms with Crippen LogP contribution in [0.4, 0.5) is 0 Å². The monoisotopic (exact) mass is 318 g/mol. The molecule has 2 aromatic rings. The summed E-state index contributed by atoms with van der Waals surface area (Å²) in [7, 11) is 2.02. The molecule has 0 aliphatic carbocycles. The van der Waals surface area contributed by atoms with Gasteiger partial charge in [0.25, 0.3) is 0 Å².